The lowest BCUT2D eigenvalue weighted by Gasteiger charge is -2.12. The van der Waals surface area contributed by atoms with Gasteiger partial charge in [0.1, 0.15) is 24.7 Å². The molecule has 0 aliphatic rings. The van der Waals surface area contributed by atoms with Crippen molar-refractivity contribution in [2.75, 3.05) is 19.5 Å². The fourth-order valence-electron chi connectivity index (χ4n) is 3.45. The Kier molecular flexibility index (Phi) is 7.90. The first-order valence-corrected chi connectivity index (χ1v) is 11.2. The summed E-state index contributed by atoms with van der Waals surface area (Å²) in [6.07, 6.45) is 0. The molecule has 4 rings (SSSR count). The molecule has 0 radical (unpaired) electrons. The first-order valence-electron chi connectivity index (χ1n) is 11.2. The molecular weight excluding hydrogens is 426 g/mol. The van der Waals surface area contributed by atoms with Crippen molar-refractivity contribution in [3.05, 3.63) is 114 Å². The molecule has 0 spiro atoms. The van der Waals surface area contributed by atoms with Crippen molar-refractivity contribution in [1.82, 2.24) is 0 Å². The Morgan fingerprint density at radius 2 is 1.12 bits per heavy atom. The maximum Gasteiger partial charge on any atom is 0.161 e. The van der Waals surface area contributed by atoms with Crippen LogP contribution in [0.3, 0.4) is 0 Å². The predicted octanol–water partition coefficient (Wildman–Crippen LogP) is 6.47. The van der Waals surface area contributed by atoms with Gasteiger partial charge in [0.05, 0.1) is 14.2 Å². The number of benzene rings is 4. The minimum Gasteiger partial charge on any atom is -0.493 e. The van der Waals surface area contributed by atoms with Crippen molar-refractivity contribution < 1.29 is 18.9 Å². The summed E-state index contributed by atoms with van der Waals surface area (Å²) in [5.41, 5.74) is 4.39. The highest BCUT2D eigenvalue weighted by Crippen LogP contribution is 2.28. The average molecular weight is 456 g/mol. The Hall–Kier alpha value is -4.12. The molecule has 34 heavy (non-hydrogen) atoms. The summed E-state index contributed by atoms with van der Waals surface area (Å²) >= 11 is 0. The van der Waals surface area contributed by atoms with Crippen LogP contribution >= 0.6 is 0 Å². The number of hydrogen-bond donors (Lipinski definition) is 1. The molecule has 0 atom stereocenters. The van der Waals surface area contributed by atoms with Gasteiger partial charge in [0.15, 0.2) is 11.5 Å². The Labute approximate surface area is 200 Å². The van der Waals surface area contributed by atoms with E-state index in [4.69, 9.17) is 18.9 Å². The summed E-state index contributed by atoms with van der Waals surface area (Å²) in [5, 5.41) is 3.43. The summed E-state index contributed by atoms with van der Waals surface area (Å²) in [5.74, 6) is 3.08. The number of ether oxygens (including phenoxy) is 4. The Bertz CT molecular complexity index is 1160. The normalized spacial score (nSPS) is 10.4. The number of hydrogen-bond acceptors (Lipinski definition) is 5. The molecule has 0 saturated heterocycles. The Balaban J connectivity index is 1.23. The number of anilines is 1. The molecular formula is C29H29NO4. The third-order valence-corrected chi connectivity index (χ3v) is 5.38. The number of nitrogens with one attached hydrogen (secondary N) is 1. The van der Waals surface area contributed by atoms with Crippen LogP contribution in [-0.2, 0) is 19.8 Å². The molecule has 1 N–H and O–H groups in total. The lowest BCUT2D eigenvalue weighted by Crippen LogP contribution is -2.01. The van der Waals surface area contributed by atoms with E-state index in [1.165, 1.54) is 0 Å². The van der Waals surface area contributed by atoms with Gasteiger partial charge >= 0.3 is 0 Å². The quantitative estimate of drug-likeness (QED) is 0.281. The summed E-state index contributed by atoms with van der Waals surface area (Å²) in [4.78, 5) is 0. The van der Waals surface area contributed by atoms with E-state index in [1.54, 1.807) is 14.2 Å². The highest BCUT2D eigenvalue weighted by molar-refractivity contribution is 5.47. The molecule has 174 valence electrons. The molecule has 0 bridgehead atoms. The second kappa shape index (κ2) is 11.7. The van der Waals surface area contributed by atoms with Crippen LogP contribution in [0.4, 0.5) is 5.69 Å². The smallest absolute Gasteiger partial charge is 0.161 e. The number of methoxy groups -OCH3 is 2. The standard InChI is InChI=1S/C29H29NO4/c1-31-28-17-10-24(18-29(28)32-2)19-30-25-11-8-23(9-12-25)21-34-27-15-13-26(14-16-27)33-20-22-6-4-3-5-7-22/h3-18,30H,19-21H2,1-2H3. The van der Waals surface area contributed by atoms with Crippen molar-refractivity contribution in [1.29, 1.82) is 0 Å². The van der Waals surface area contributed by atoms with Gasteiger partial charge in [0.25, 0.3) is 0 Å². The first kappa shape index (κ1) is 23.1. The van der Waals surface area contributed by atoms with Crippen molar-refractivity contribution in [2.24, 2.45) is 0 Å². The zero-order valence-electron chi connectivity index (χ0n) is 19.5. The largest absolute Gasteiger partial charge is 0.493 e. The van der Waals surface area contributed by atoms with Gasteiger partial charge in [-0.25, -0.2) is 0 Å². The average Bonchev–Trinajstić information content (AvgIpc) is 2.91. The van der Waals surface area contributed by atoms with Crippen molar-refractivity contribution in [2.45, 2.75) is 19.8 Å². The molecule has 0 saturated carbocycles. The van der Waals surface area contributed by atoms with Gasteiger partial charge in [-0.3, -0.25) is 0 Å². The van der Waals surface area contributed by atoms with Gasteiger partial charge in [0, 0.05) is 12.2 Å². The van der Waals surface area contributed by atoms with Gasteiger partial charge in [0.2, 0.25) is 0 Å². The third kappa shape index (κ3) is 6.45. The van der Waals surface area contributed by atoms with E-state index in [0.717, 1.165) is 45.4 Å². The van der Waals surface area contributed by atoms with Crippen molar-refractivity contribution in [3.63, 3.8) is 0 Å². The van der Waals surface area contributed by atoms with E-state index in [9.17, 15) is 0 Å². The van der Waals surface area contributed by atoms with Crippen LogP contribution in [0.25, 0.3) is 0 Å². The molecule has 0 aliphatic carbocycles. The molecule has 0 fully saturated rings. The van der Waals surface area contributed by atoms with Crippen molar-refractivity contribution in [3.8, 4) is 23.0 Å². The Morgan fingerprint density at radius 3 is 1.71 bits per heavy atom. The van der Waals surface area contributed by atoms with E-state index >= 15 is 0 Å². The fraction of sp³-hybridized carbons (Fsp3) is 0.172. The lowest BCUT2D eigenvalue weighted by atomic mass is 10.2. The van der Waals surface area contributed by atoms with Crippen LogP contribution < -0.4 is 24.3 Å². The molecule has 0 aliphatic heterocycles. The molecule has 0 aromatic heterocycles. The van der Waals surface area contributed by atoms with Crippen LogP contribution in [0.2, 0.25) is 0 Å². The van der Waals surface area contributed by atoms with E-state index in [0.29, 0.717) is 19.8 Å². The molecule has 0 amide bonds. The third-order valence-electron chi connectivity index (χ3n) is 5.38. The highest BCUT2D eigenvalue weighted by Gasteiger charge is 2.05. The maximum absolute atomic E-state index is 5.92. The Morgan fingerprint density at radius 1 is 0.559 bits per heavy atom. The maximum atomic E-state index is 5.92. The zero-order valence-corrected chi connectivity index (χ0v) is 19.5. The summed E-state index contributed by atoms with van der Waals surface area (Å²) in [6.45, 7) is 1.74. The second-order valence-corrected chi connectivity index (χ2v) is 7.77. The first-order chi connectivity index (χ1) is 16.7. The van der Waals surface area contributed by atoms with Gasteiger partial charge < -0.3 is 24.3 Å². The number of rotatable bonds is 11. The fourth-order valence-corrected chi connectivity index (χ4v) is 3.45. The van der Waals surface area contributed by atoms with Crippen LogP contribution in [0, 0.1) is 0 Å². The van der Waals surface area contributed by atoms with Crippen LogP contribution in [0.15, 0.2) is 97.1 Å². The molecule has 4 aromatic rings. The van der Waals surface area contributed by atoms with E-state index < -0.39 is 0 Å². The SMILES string of the molecule is COc1ccc(CNc2ccc(COc3ccc(OCc4ccccc4)cc3)cc2)cc1OC. The molecule has 5 nitrogen and oxygen atoms in total. The van der Waals surface area contributed by atoms with Gasteiger partial charge in [-0.2, -0.15) is 0 Å². The van der Waals surface area contributed by atoms with Gasteiger partial charge in [-0.15, -0.1) is 0 Å². The topological polar surface area (TPSA) is 49.0 Å². The van der Waals surface area contributed by atoms with Crippen LogP contribution in [-0.4, -0.2) is 14.2 Å². The van der Waals surface area contributed by atoms with E-state index in [-0.39, 0.29) is 0 Å². The molecule has 0 unspecified atom stereocenters. The zero-order chi connectivity index (χ0) is 23.6. The minimum absolute atomic E-state index is 0.500. The molecule has 4 aromatic carbocycles. The van der Waals surface area contributed by atoms with Crippen LogP contribution in [0.1, 0.15) is 16.7 Å². The monoisotopic (exact) mass is 455 g/mol. The van der Waals surface area contributed by atoms with E-state index in [1.807, 2.05) is 60.7 Å². The predicted molar refractivity (Wildman–Crippen MR) is 135 cm³/mol. The van der Waals surface area contributed by atoms with Gasteiger partial charge in [-0.05, 0) is 65.2 Å². The van der Waals surface area contributed by atoms with Gasteiger partial charge in [-0.1, -0.05) is 48.5 Å². The van der Waals surface area contributed by atoms with Crippen LogP contribution in [0.5, 0.6) is 23.0 Å². The lowest BCUT2D eigenvalue weighted by molar-refractivity contribution is 0.297. The van der Waals surface area contributed by atoms with E-state index in [2.05, 4.69) is 41.7 Å². The molecule has 5 heteroatoms. The summed E-state index contributed by atoms with van der Waals surface area (Å²) in [6, 6.07) is 32.0. The molecule has 0 heterocycles. The summed E-state index contributed by atoms with van der Waals surface area (Å²) in [7, 11) is 3.28. The second-order valence-electron chi connectivity index (χ2n) is 7.77. The highest BCUT2D eigenvalue weighted by atomic mass is 16.5. The summed E-state index contributed by atoms with van der Waals surface area (Å²) < 4.78 is 22.4. The minimum atomic E-state index is 0.500. The van der Waals surface area contributed by atoms with Crippen molar-refractivity contribution >= 4 is 5.69 Å².